The van der Waals surface area contributed by atoms with Crippen LogP contribution in [-0.2, 0) is 0 Å². The minimum atomic E-state index is -0.0308. The van der Waals surface area contributed by atoms with E-state index in [9.17, 15) is 9.90 Å². The molecule has 118 valence electrons. The third-order valence-electron chi connectivity index (χ3n) is 4.65. The molecule has 6 heteroatoms. The number of hydrogen-bond acceptors (Lipinski definition) is 5. The lowest BCUT2D eigenvalue weighted by atomic mass is 9.77. The van der Waals surface area contributed by atoms with Gasteiger partial charge in [0.1, 0.15) is 5.69 Å². The van der Waals surface area contributed by atoms with Gasteiger partial charge >= 0.3 is 0 Å². The maximum atomic E-state index is 12.5. The van der Waals surface area contributed by atoms with E-state index < -0.39 is 0 Å². The van der Waals surface area contributed by atoms with Gasteiger partial charge in [-0.15, -0.1) is 11.3 Å². The van der Waals surface area contributed by atoms with Crippen LogP contribution in [0.5, 0.6) is 0 Å². The van der Waals surface area contributed by atoms with Crippen LogP contribution in [0.25, 0.3) is 10.8 Å². The summed E-state index contributed by atoms with van der Waals surface area (Å²) in [5.41, 5.74) is 0.461. The van der Waals surface area contributed by atoms with Gasteiger partial charge in [-0.1, -0.05) is 6.92 Å². The quantitative estimate of drug-likeness (QED) is 0.940. The number of nitrogens with zero attached hydrogens (tertiary/aromatic N) is 2. The molecule has 3 rings (SSSR count). The molecule has 0 aliphatic carbocycles. The van der Waals surface area contributed by atoms with Gasteiger partial charge in [0.2, 0.25) is 0 Å². The van der Waals surface area contributed by atoms with Crippen molar-refractivity contribution < 1.29 is 14.3 Å². The molecule has 1 N–H and O–H groups in total. The molecular weight excluding hydrogens is 300 g/mol. The number of hydrogen-bond donors (Lipinski definition) is 1. The highest BCUT2D eigenvalue weighted by Crippen LogP contribution is 2.34. The summed E-state index contributed by atoms with van der Waals surface area (Å²) in [4.78, 5) is 18.8. The van der Waals surface area contributed by atoms with Crippen molar-refractivity contribution in [2.24, 2.45) is 5.41 Å². The van der Waals surface area contributed by atoms with Gasteiger partial charge in [-0.05, 0) is 36.8 Å². The Bertz CT molecular complexity index is 622. The summed E-state index contributed by atoms with van der Waals surface area (Å²) in [6.07, 6.45) is 4.24. The van der Waals surface area contributed by atoms with Gasteiger partial charge in [0.05, 0.1) is 6.26 Å². The first-order valence-electron chi connectivity index (χ1n) is 7.57. The van der Waals surface area contributed by atoms with Crippen LogP contribution in [0.2, 0.25) is 0 Å². The van der Waals surface area contributed by atoms with Gasteiger partial charge < -0.3 is 14.4 Å². The van der Waals surface area contributed by atoms with Crippen molar-refractivity contribution >= 4 is 17.2 Å². The highest BCUT2D eigenvalue weighted by Gasteiger charge is 2.34. The Balaban J connectivity index is 1.68. The topological polar surface area (TPSA) is 66.6 Å². The molecule has 0 aromatic carbocycles. The Kier molecular flexibility index (Phi) is 4.31. The Morgan fingerprint density at radius 3 is 2.86 bits per heavy atom. The first kappa shape index (κ1) is 15.2. The van der Waals surface area contributed by atoms with Crippen LogP contribution in [-0.4, -0.2) is 40.6 Å². The number of furan rings is 1. The molecule has 0 unspecified atom stereocenters. The number of carbonyl (C=O) groups is 1. The van der Waals surface area contributed by atoms with Crippen LogP contribution in [0.4, 0.5) is 0 Å². The summed E-state index contributed by atoms with van der Waals surface area (Å²) in [6, 6.07) is 3.65. The lowest BCUT2D eigenvalue weighted by molar-refractivity contribution is 0.0335. The fourth-order valence-corrected chi connectivity index (χ4v) is 3.62. The molecule has 22 heavy (non-hydrogen) atoms. The molecule has 0 spiro atoms. The monoisotopic (exact) mass is 320 g/mol. The number of carbonyl (C=O) groups excluding carboxylic acids is 1. The summed E-state index contributed by atoms with van der Waals surface area (Å²) >= 11 is 1.42. The zero-order valence-electron chi connectivity index (χ0n) is 12.6. The number of likely N-dealkylation sites (tertiary alicyclic amines) is 1. The lowest BCUT2D eigenvalue weighted by Crippen LogP contribution is -2.44. The molecule has 1 amide bonds. The van der Waals surface area contributed by atoms with E-state index >= 15 is 0 Å². The van der Waals surface area contributed by atoms with Crippen LogP contribution in [0.15, 0.2) is 28.2 Å². The second kappa shape index (κ2) is 6.22. The molecule has 1 saturated heterocycles. The number of aliphatic hydroxyl groups is 1. The normalized spacial score (nSPS) is 17.6. The molecule has 1 aliphatic heterocycles. The van der Waals surface area contributed by atoms with Crippen molar-refractivity contribution in [3.05, 3.63) is 29.5 Å². The predicted molar refractivity (Wildman–Crippen MR) is 84.8 cm³/mol. The highest BCUT2D eigenvalue weighted by molar-refractivity contribution is 7.13. The minimum absolute atomic E-state index is 0.0157. The average molecular weight is 320 g/mol. The van der Waals surface area contributed by atoms with Gasteiger partial charge in [-0.3, -0.25) is 4.79 Å². The molecule has 3 heterocycles. The lowest BCUT2D eigenvalue weighted by Gasteiger charge is -2.40. The SMILES string of the molecule is CCC1(CO)CCN(C(=O)c2csc(-c3ccco3)n2)CC1. The van der Waals surface area contributed by atoms with Crippen LogP contribution in [0.1, 0.15) is 36.7 Å². The third-order valence-corrected chi connectivity index (χ3v) is 5.51. The molecule has 0 atom stereocenters. The van der Waals surface area contributed by atoms with Gasteiger partial charge in [-0.25, -0.2) is 4.98 Å². The van der Waals surface area contributed by atoms with E-state index in [4.69, 9.17) is 4.42 Å². The Hall–Kier alpha value is -1.66. The molecule has 2 aromatic rings. The van der Waals surface area contributed by atoms with Crippen LogP contribution >= 0.6 is 11.3 Å². The van der Waals surface area contributed by atoms with Gasteiger partial charge in [0.15, 0.2) is 10.8 Å². The number of rotatable bonds is 4. The Labute approximate surface area is 133 Å². The largest absolute Gasteiger partial charge is 0.462 e. The zero-order valence-corrected chi connectivity index (χ0v) is 13.4. The zero-order chi connectivity index (χ0) is 15.6. The number of amides is 1. The van der Waals surface area contributed by atoms with Crippen molar-refractivity contribution in [3.63, 3.8) is 0 Å². The smallest absolute Gasteiger partial charge is 0.273 e. The van der Waals surface area contributed by atoms with Gasteiger partial charge in [0, 0.05) is 25.1 Å². The number of aromatic nitrogens is 1. The number of aliphatic hydroxyl groups excluding tert-OH is 1. The first-order chi connectivity index (χ1) is 10.7. The summed E-state index contributed by atoms with van der Waals surface area (Å²) in [5.74, 6) is 0.657. The van der Waals surface area contributed by atoms with Crippen molar-refractivity contribution in [1.82, 2.24) is 9.88 Å². The standard InChI is InChI=1S/C16H20N2O3S/c1-2-16(11-19)5-7-18(8-6-16)15(20)12-10-22-14(17-12)13-4-3-9-21-13/h3-4,9-10,19H,2,5-8,11H2,1H3. The molecular formula is C16H20N2O3S. The molecule has 0 saturated carbocycles. The Morgan fingerprint density at radius 2 is 2.27 bits per heavy atom. The van der Waals surface area contributed by atoms with Crippen molar-refractivity contribution in [3.8, 4) is 10.8 Å². The second-order valence-electron chi connectivity index (χ2n) is 5.82. The van der Waals surface area contributed by atoms with Gasteiger partial charge in [-0.2, -0.15) is 0 Å². The molecule has 1 fully saturated rings. The predicted octanol–water partition coefficient (Wildman–Crippen LogP) is 3.03. The summed E-state index contributed by atoms with van der Waals surface area (Å²) < 4.78 is 5.31. The second-order valence-corrected chi connectivity index (χ2v) is 6.68. The van der Waals surface area contributed by atoms with Crippen LogP contribution in [0, 0.1) is 5.41 Å². The maximum absolute atomic E-state index is 12.5. The fourth-order valence-electron chi connectivity index (χ4n) is 2.86. The van der Waals surface area contributed by atoms with Gasteiger partial charge in [0.25, 0.3) is 5.91 Å². The average Bonchev–Trinajstić information content (AvgIpc) is 3.25. The van der Waals surface area contributed by atoms with Crippen molar-refractivity contribution in [2.45, 2.75) is 26.2 Å². The van der Waals surface area contributed by atoms with E-state index in [1.54, 1.807) is 11.6 Å². The maximum Gasteiger partial charge on any atom is 0.273 e. The number of piperidine rings is 1. The van der Waals surface area contributed by atoms with Crippen molar-refractivity contribution in [2.75, 3.05) is 19.7 Å². The number of thiazole rings is 1. The van der Waals surface area contributed by atoms with Crippen molar-refractivity contribution in [1.29, 1.82) is 0 Å². The molecule has 1 aliphatic rings. The Morgan fingerprint density at radius 1 is 1.50 bits per heavy atom. The molecule has 0 bridgehead atoms. The van der Waals surface area contributed by atoms with E-state index in [0.717, 1.165) is 24.3 Å². The minimum Gasteiger partial charge on any atom is -0.462 e. The summed E-state index contributed by atoms with van der Waals surface area (Å²) in [6.45, 7) is 3.66. The van der Waals surface area contributed by atoms with E-state index in [-0.39, 0.29) is 17.9 Å². The van der Waals surface area contributed by atoms with E-state index in [0.29, 0.717) is 24.5 Å². The fraction of sp³-hybridized carbons (Fsp3) is 0.500. The molecule has 5 nitrogen and oxygen atoms in total. The first-order valence-corrected chi connectivity index (χ1v) is 8.45. The van der Waals surface area contributed by atoms with E-state index in [2.05, 4.69) is 11.9 Å². The summed E-state index contributed by atoms with van der Waals surface area (Å²) in [7, 11) is 0. The van der Waals surface area contributed by atoms with E-state index in [1.165, 1.54) is 11.3 Å². The van der Waals surface area contributed by atoms with Crippen LogP contribution < -0.4 is 0 Å². The van der Waals surface area contributed by atoms with Crippen LogP contribution in [0.3, 0.4) is 0 Å². The molecule has 0 radical (unpaired) electrons. The van der Waals surface area contributed by atoms with E-state index in [1.807, 2.05) is 17.0 Å². The summed E-state index contributed by atoms with van der Waals surface area (Å²) in [5, 5.41) is 12.1. The molecule has 2 aromatic heterocycles. The third kappa shape index (κ3) is 2.80. The highest BCUT2D eigenvalue weighted by atomic mass is 32.1.